The molecule has 2 atom stereocenters. The summed E-state index contributed by atoms with van der Waals surface area (Å²) in [6.45, 7) is 11.2. The Bertz CT molecular complexity index is 257. The Balaban J connectivity index is 2.36. The maximum atomic E-state index is 10.5. The van der Waals surface area contributed by atoms with Gasteiger partial charge in [0, 0.05) is 0 Å². The van der Waals surface area contributed by atoms with Gasteiger partial charge < -0.3 is 14.3 Å². The number of carboxylic acids is 1. The van der Waals surface area contributed by atoms with E-state index in [0.717, 1.165) is 0 Å². The van der Waals surface area contributed by atoms with Crippen molar-refractivity contribution in [2.75, 3.05) is 6.61 Å². The van der Waals surface area contributed by atoms with Crippen LogP contribution in [0.2, 0.25) is 18.1 Å². The zero-order chi connectivity index (χ0) is 11.9. The molecule has 5 heteroatoms. The van der Waals surface area contributed by atoms with Crippen LogP contribution in [0, 0.1) is 0 Å². The molecule has 0 unspecified atom stereocenters. The summed E-state index contributed by atoms with van der Waals surface area (Å²) in [5.74, 6) is -0.890. The molecule has 0 aromatic carbocycles. The lowest BCUT2D eigenvalue weighted by Crippen LogP contribution is -2.41. The lowest BCUT2D eigenvalue weighted by Gasteiger charge is -2.35. The van der Waals surface area contributed by atoms with Crippen molar-refractivity contribution in [2.24, 2.45) is 0 Å². The fourth-order valence-corrected chi connectivity index (χ4v) is 2.01. The number of epoxide rings is 1. The summed E-state index contributed by atoms with van der Waals surface area (Å²) >= 11 is 0. The predicted molar refractivity (Wildman–Crippen MR) is 59.4 cm³/mol. The van der Waals surface area contributed by atoms with E-state index in [1.165, 1.54) is 0 Å². The minimum atomic E-state index is -1.76. The maximum absolute atomic E-state index is 10.5. The van der Waals surface area contributed by atoms with Gasteiger partial charge in [-0.3, -0.25) is 0 Å². The first-order valence-electron chi connectivity index (χ1n) is 5.17. The summed E-state index contributed by atoms with van der Waals surface area (Å²) in [6.07, 6.45) is -0.883. The first-order valence-corrected chi connectivity index (χ1v) is 8.08. The summed E-state index contributed by atoms with van der Waals surface area (Å²) < 4.78 is 10.8. The van der Waals surface area contributed by atoms with Gasteiger partial charge in [0.05, 0.1) is 6.61 Å². The van der Waals surface area contributed by atoms with Crippen molar-refractivity contribution in [3.8, 4) is 0 Å². The van der Waals surface area contributed by atoms with Crippen LogP contribution in [0.3, 0.4) is 0 Å². The minimum absolute atomic E-state index is 0.153. The summed E-state index contributed by atoms with van der Waals surface area (Å²) in [6, 6.07) is 0. The van der Waals surface area contributed by atoms with Crippen molar-refractivity contribution in [1.29, 1.82) is 0 Å². The van der Waals surface area contributed by atoms with Crippen molar-refractivity contribution < 1.29 is 19.1 Å². The van der Waals surface area contributed by atoms with Gasteiger partial charge in [0.15, 0.2) is 14.4 Å². The zero-order valence-corrected chi connectivity index (χ0v) is 11.0. The average Bonchev–Trinajstić information content (AvgIpc) is 2.77. The van der Waals surface area contributed by atoms with Crippen LogP contribution in [-0.2, 0) is 14.0 Å². The normalized spacial score (nSPS) is 26.5. The van der Waals surface area contributed by atoms with Crippen LogP contribution in [0.25, 0.3) is 0 Å². The second-order valence-corrected chi connectivity index (χ2v) is 10.3. The van der Waals surface area contributed by atoms with E-state index < -0.39 is 20.4 Å². The van der Waals surface area contributed by atoms with Gasteiger partial charge >= 0.3 is 5.97 Å². The molecular weight excluding hydrogens is 212 g/mol. The Morgan fingerprint density at radius 2 is 2.00 bits per heavy atom. The first-order chi connectivity index (χ1) is 6.65. The SMILES string of the molecule is CC(C)(C)[Si](C)(C)OC[C@@H]1O[C@H]1C(=O)O. The molecular formula is C10H20O4Si. The summed E-state index contributed by atoms with van der Waals surface area (Å²) in [7, 11) is -1.76. The van der Waals surface area contributed by atoms with Crippen LogP contribution < -0.4 is 0 Å². The van der Waals surface area contributed by atoms with Gasteiger partial charge in [-0.25, -0.2) is 4.79 Å². The highest BCUT2D eigenvalue weighted by Crippen LogP contribution is 2.37. The van der Waals surface area contributed by atoms with Crippen molar-refractivity contribution in [1.82, 2.24) is 0 Å². The second-order valence-electron chi connectivity index (χ2n) is 5.50. The van der Waals surface area contributed by atoms with Crippen LogP contribution in [0.4, 0.5) is 0 Å². The Kier molecular flexibility index (Phi) is 3.28. The molecule has 0 radical (unpaired) electrons. The third kappa shape index (κ3) is 3.03. The van der Waals surface area contributed by atoms with Gasteiger partial charge in [-0.2, -0.15) is 0 Å². The molecule has 15 heavy (non-hydrogen) atoms. The molecule has 1 saturated heterocycles. The van der Waals surface area contributed by atoms with Crippen molar-refractivity contribution in [3.63, 3.8) is 0 Å². The maximum Gasteiger partial charge on any atom is 0.335 e. The van der Waals surface area contributed by atoms with Crippen molar-refractivity contribution in [3.05, 3.63) is 0 Å². The molecule has 1 heterocycles. The topological polar surface area (TPSA) is 59.1 Å². The Hall–Kier alpha value is -0.393. The van der Waals surface area contributed by atoms with Crippen molar-refractivity contribution in [2.45, 2.75) is 51.1 Å². The minimum Gasteiger partial charge on any atom is -0.479 e. The highest BCUT2D eigenvalue weighted by Gasteiger charge is 2.47. The fourth-order valence-electron chi connectivity index (χ4n) is 0.994. The van der Waals surface area contributed by atoms with Gasteiger partial charge in [0.2, 0.25) is 0 Å². The Labute approximate surface area is 91.7 Å². The Morgan fingerprint density at radius 3 is 2.33 bits per heavy atom. The van der Waals surface area contributed by atoms with Crippen LogP contribution >= 0.6 is 0 Å². The van der Waals surface area contributed by atoms with Gasteiger partial charge in [0.1, 0.15) is 6.10 Å². The molecule has 0 bridgehead atoms. The van der Waals surface area contributed by atoms with E-state index in [9.17, 15) is 4.79 Å². The van der Waals surface area contributed by atoms with Gasteiger partial charge in [-0.05, 0) is 18.1 Å². The monoisotopic (exact) mass is 232 g/mol. The molecule has 1 N–H and O–H groups in total. The molecule has 0 amide bonds. The molecule has 0 spiro atoms. The van der Waals surface area contributed by atoms with Crippen LogP contribution in [0.1, 0.15) is 20.8 Å². The van der Waals surface area contributed by atoms with Gasteiger partial charge in [-0.1, -0.05) is 20.8 Å². The van der Waals surface area contributed by atoms with E-state index in [2.05, 4.69) is 33.9 Å². The molecule has 1 aliphatic heterocycles. The number of carboxylic acid groups (broad SMARTS) is 1. The summed E-state index contributed by atoms with van der Waals surface area (Å²) in [5, 5.41) is 8.80. The number of aliphatic carboxylic acids is 1. The Morgan fingerprint density at radius 1 is 1.47 bits per heavy atom. The number of ether oxygens (including phenoxy) is 1. The molecule has 88 valence electrons. The van der Waals surface area contributed by atoms with Gasteiger partial charge in [0.25, 0.3) is 0 Å². The molecule has 0 saturated carbocycles. The number of hydrogen-bond acceptors (Lipinski definition) is 3. The van der Waals surface area contributed by atoms with E-state index >= 15 is 0 Å². The zero-order valence-electron chi connectivity index (χ0n) is 10.0. The fraction of sp³-hybridized carbons (Fsp3) is 0.900. The van der Waals surface area contributed by atoms with E-state index in [0.29, 0.717) is 6.61 Å². The lowest BCUT2D eigenvalue weighted by atomic mass is 10.2. The quantitative estimate of drug-likeness (QED) is 0.593. The molecule has 1 aliphatic rings. The third-order valence-electron chi connectivity index (χ3n) is 3.24. The molecule has 0 aromatic rings. The van der Waals surface area contributed by atoms with Crippen LogP contribution in [-0.4, -0.2) is 38.2 Å². The van der Waals surface area contributed by atoms with Crippen LogP contribution in [0.5, 0.6) is 0 Å². The summed E-state index contributed by atoms with van der Waals surface area (Å²) in [5.41, 5.74) is 0. The highest BCUT2D eigenvalue weighted by molar-refractivity contribution is 6.74. The predicted octanol–water partition coefficient (Wildman–Crippen LogP) is 1.86. The van der Waals surface area contributed by atoms with E-state index in [4.69, 9.17) is 14.3 Å². The number of rotatable bonds is 4. The largest absolute Gasteiger partial charge is 0.479 e. The smallest absolute Gasteiger partial charge is 0.335 e. The van der Waals surface area contributed by atoms with E-state index in [-0.39, 0.29) is 11.1 Å². The lowest BCUT2D eigenvalue weighted by molar-refractivity contribution is -0.138. The van der Waals surface area contributed by atoms with E-state index in [1.807, 2.05) is 0 Å². The van der Waals surface area contributed by atoms with Crippen LogP contribution in [0.15, 0.2) is 0 Å². The summed E-state index contributed by atoms with van der Waals surface area (Å²) in [4.78, 5) is 10.5. The number of hydrogen-bond donors (Lipinski definition) is 1. The molecule has 1 rings (SSSR count). The molecule has 1 fully saturated rings. The van der Waals surface area contributed by atoms with E-state index in [1.54, 1.807) is 0 Å². The third-order valence-corrected chi connectivity index (χ3v) is 7.74. The highest BCUT2D eigenvalue weighted by atomic mass is 28.4. The number of carbonyl (C=O) groups is 1. The molecule has 4 nitrogen and oxygen atoms in total. The first kappa shape index (κ1) is 12.7. The molecule has 0 aromatic heterocycles. The van der Waals surface area contributed by atoms with Gasteiger partial charge in [-0.15, -0.1) is 0 Å². The molecule has 0 aliphatic carbocycles. The standard InChI is InChI=1S/C10H20O4Si/c1-10(2,3)15(4,5)13-6-7-8(14-7)9(11)12/h7-8H,6H2,1-5H3,(H,11,12)/t7-,8+/m0/s1. The second kappa shape index (κ2) is 3.88. The van der Waals surface area contributed by atoms with Crippen molar-refractivity contribution >= 4 is 14.3 Å². The average molecular weight is 232 g/mol.